The van der Waals surface area contributed by atoms with Crippen LogP contribution in [-0.4, -0.2) is 6.04 Å². The van der Waals surface area contributed by atoms with Crippen molar-refractivity contribution in [3.05, 3.63) is 29.0 Å². The van der Waals surface area contributed by atoms with E-state index >= 15 is 0 Å². The Morgan fingerprint density at radius 1 is 1.11 bits per heavy atom. The predicted molar refractivity (Wildman–Crippen MR) is 75.9 cm³/mol. The molecule has 3 saturated carbocycles. The van der Waals surface area contributed by atoms with E-state index in [1.165, 1.54) is 44.2 Å². The summed E-state index contributed by atoms with van der Waals surface area (Å²) in [5.74, 6) is 3.43. The van der Waals surface area contributed by atoms with Crippen LogP contribution in [0, 0.1) is 29.5 Å². The first-order valence-corrected chi connectivity index (χ1v) is 7.82. The van der Waals surface area contributed by atoms with Gasteiger partial charge in [-0.25, -0.2) is 4.39 Å². The van der Waals surface area contributed by atoms with Gasteiger partial charge < -0.3 is 5.32 Å². The molecule has 0 spiro atoms. The van der Waals surface area contributed by atoms with Crippen LogP contribution in [0.5, 0.6) is 0 Å². The lowest BCUT2D eigenvalue weighted by molar-refractivity contribution is 0.243. The van der Waals surface area contributed by atoms with E-state index in [9.17, 15) is 4.39 Å². The standard InChI is InChI=1S/C16H19ClFN/c17-14-8-10(18)4-5-15(14)19-16-7-9-6-13(16)12-3-1-2-11(9)12/h4-5,8-9,11-13,16,19H,1-3,6-7H2. The van der Waals surface area contributed by atoms with Crippen LogP contribution in [0.25, 0.3) is 0 Å². The molecule has 19 heavy (non-hydrogen) atoms. The number of rotatable bonds is 2. The molecule has 1 N–H and O–H groups in total. The van der Waals surface area contributed by atoms with Crippen molar-refractivity contribution in [1.82, 2.24) is 0 Å². The molecule has 0 heterocycles. The highest BCUT2D eigenvalue weighted by atomic mass is 35.5. The minimum Gasteiger partial charge on any atom is -0.381 e. The van der Waals surface area contributed by atoms with Gasteiger partial charge in [0, 0.05) is 6.04 Å². The Bertz CT molecular complexity index is 504. The highest BCUT2D eigenvalue weighted by Crippen LogP contribution is 2.59. The maximum atomic E-state index is 13.1. The zero-order valence-corrected chi connectivity index (χ0v) is 11.7. The van der Waals surface area contributed by atoms with Gasteiger partial charge in [0.2, 0.25) is 0 Å². The van der Waals surface area contributed by atoms with Crippen LogP contribution >= 0.6 is 11.6 Å². The predicted octanol–water partition coefficient (Wildman–Crippen LogP) is 4.72. The van der Waals surface area contributed by atoms with Gasteiger partial charge in [-0.1, -0.05) is 18.0 Å². The first-order valence-electron chi connectivity index (χ1n) is 7.44. The molecule has 3 aliphatic rings. The molecular weight excluding hydrogens is 261 g/mol. The summed E-state index contributed by atoms with van der Waals surface area (Å²) >= 11 is 6.12. The van der Waals surface area contributed by atoms with E-state index in [2.05, 4.69) is 5.32 Å². The molecule has 3 heteroatoms. The van der Waals surface area contributed by atoms with Crippen molar-refractivity contribution in [2.45, 2.75) is 38.1 Å². The lowest BCUT2D eigenvalue weighted by Crippen LogP contribution is -2.33. The smallest absolute Gasteiger partial charge is 0.124 e. The van der Waals surface area contributed by atoms with Crippen LogP contribution in [-0.2, 0) is 0 Å². The Hall–Kier alpha value is -0.760. The quantitative estimate of drug-likeness (QED) is 0.826. The summed E-state index contributed by atoms with van der Waals surface area (Å²) in [4.78, 5) is 0. The van der Waals surface area contributed by atoms with Crippen molar-refractivity contribution in [3.8, 4) is 0 Å². The Labute approximate surface area is 118 Å². The second-order valence-electron chi connectivity index (χ2n) is 6.53. The highest BCUT2D eigenvalue weighted by molar-refractivity contribution is 6.33. The summed E-state index contributed by atoms with van der Waals surface area (Å²) < 4.78 is 13.1. The number of hydrogen-bond acceptors (Lipinski definition) is 1. The molecule has 3 fully saturated rings. The average Bonchev–Trinajstić information content (AvgIpc) is 3.04. The third-order valence-electron chi connectivity index (χ3n) is 5.70. The van der Waals surface area contributed by atoms with Crippen LogP contribution in [0.15, 0.2) is 18.2 Å². The molecule has 1 aromatic rings. The Morgan fingerprint density at radius 2 is 1.95 bits per heavy atom. The molecule has 0 aliphatic heterocycles. The average molecular weight is 280 g/mol. The second kappa shape index (κ2) is 4.37. The molecule has 0 saturated heterocycles. The molecule has 1 nitrogen and oxygen atoms in total. The van der Waals surface area contributed by atoms with E-state index in [4.69, 9.17) is 11.6 Å². The maximum Gasteiger partial charge on any atom is 0.124 e. The summed E-state index contributed by atoms with van der Waals surface area (Å²) in [6.45, 7) is 0. The van der Waals surface area contributed by atoms with E-state index in [-0.39, 0.29) is 5.82 Å². The molecule has 1 aromatic carbocycles. The van der Waals surface area contributed by atoms with Crippen molar-refractivity contribution in [3.63, 3.8) is 0 Å². The van der Waals surface area contributed by atoms with Gasteiger partial charge in [0.15, 0.2) is 0 Å². The van der Waals surface area contributed by atoms with Gasteiger partial charge >= 0.3 is 0 Å². The van der Waals surface area contributed by atoms with Gasteiger partial charge in [0.25, 0.3) is 0 Å². The lowest BCUT2D eigenvalue weighted by Gasteiger charge is -2.32. The molecule has 0 aromatic heterocycles. The highest BCUT2D eigenvalue weighted by Gasteiger charge is 2.53. The van der Waals surface area contributed by atoms with Crippen LogP contribution in [0.2, 0.25) is 5.02 Å². The fourth-order valence-corrected chi connectivity index (χ4v) is 5.26. The molecule has 102 valence electrons. The molecule has 4 rings (SSSR count). The largest absolute Gasteiger partial charge is 0.381 e. The van der Waals surface area contributed by atoms with Gasteiger partial charge in [-0.2, -0.15) is 0 Å². The minimum atomic E-state index is -0.264. The molecule has 5 atom stereocenters. The number of fused-ring (bicyclic) bond motifs is 5. The van der Waals surface area contributed by atoms with Gasteiger partial charge in [-0.05, 0) is 67.6 Å². The zero-order chi connectivity index (χ0) is 13.0. The first kappa shape index (κ1) is 12.0. The Morgan fingerprint density at radius 3 is 2.79 bits per heavy atom. The van der Waals surface area contributed by atoms with E-state index in [1.807, 2.05) is 0 Å². The van der Waals surface area contributed by atoms with Gasteiger partial charge in [-0.15, -0.1) is 0 Å². The first-order chi connectivity index (χ1) is 9.22. The second-order valence-corrected chi connectivity index (χ2v) is 6.94. The molecule has 5 unspecified atom stereocenters. The van der Waals surface area contributed by atoms with E-state index in [0.717, 1.165) is 29.4 Å². The molecule has 0 amide bonds. The minimum absolute atomic E-state index is 0.264. The van der Waals surface area contributed by atoms with Crippen LogP contribution < -0.4 is 5.32 Å². The van der Waals surface area contributed by atoms with Crippen molar-refractivity contribution in [2.75, 3.05) is 5.32 Å². The van der Waals surface area contributed by atoms with Gasteiger partial charge in [-0.3, -0.25) is 0 Å². The zero-order valence-electron chi connectivity index (χ0n) is 10.9. The summed E-state index contributed by atoms with van der Waals surface area (Å²) in [6, 6.07) is 5.21. The van der Waals surface area contributed by atoms with Crippen LogP contribution in [0.3, 0.4) is 0 Å². The SMILES string of the molecule is Fc1ccc(NC2CC3CC2C2CCCC32)c(Cl)c1. The summed E-state index contributed by atoms with van der Waals surface area (Å²) in [6.07, 6.45) is 6.97. The third kappa shape index (κ3) is 1.87. The molecule has 3 aliphatic carbocycles. The Balaban J connectivity index is 1.52. The molecular formula is C16H19ClFN. The van der Waals surface area contributed by atoms with Gasteiger partial charge in [0.1, 0.15) is 5.82 Å². The monoisotopic (exact) mass is 279 g/mol. The number of anilines is 1. The summed E-state index contributed by atoms with van der Waals surface area (Å²) in [7, 11) is 0. The van der Waals surface area contributed by atoms with Crippen LogP contribution in [0.1, 0.15) is 32.1 Å². The van der Waals surface area contributed by atoms with Crippen molar-refractivity contribution in [1.29, 1.82) is 0 Å². The van der Waals surface area contributed by atoms with E-state index in [0.29, 0.717) is 11.1 Å². The fraction of sp³-hybridized carbons (Fsp3) is 0.625. The molecule has 0 radical (unpaired) electrons. The maximum absolute atomic E-state index is 13.1. The number of nitrogens with one attached hydrogen (secondary N) is 1. The molecule has 2 bridgehead atoms. The van der Waals surface area contributed by atoms with Crippen LogP contribution in [0.4, 0.5) is 10.1 Å². The van der Waals surface area contributed by atoms with Crippen molar-refractivity contribution < 1.29 is 4.39 Å². The number of hydrogen-bond donors (Lipinski definition) is 1. The van der Waals surface area contributed by atoms with E-state index in [1.54, 1.807) is 6.07 Å². The van der Waals surface area contributed by atoms with Gasteiger partial charge in [0.05, 0.1) is 10.7 Å². The number of benzene rings is 1. The Kier molecular flexibility index (Phi) is 2.77. The summed E-state index contributed by atoms with van der Waals surface area (Å²) in [5.41, 5.74) is 0.898. The van der Waals surface area contributed by atoms with Crippen molar-refractivity contribution >= 4 is 17.3 Å². The summed E-state index contributed by atoms with van der Waals surface area (Å²) in [5, 5.41) is 4.09. The lowest BCUT2D eigenvalue weighted by atomic mass is 9.79. The van der Waals surface area contributed by atoms with Crippen molar-refractivity contribution in [2.24, 2.45) is 23.7 Å². The topological polar surface area (TPSA) is 12.0 Å². The normalized spacial score (nSPS) is 39.6. The fourth-order valence-electron chi connectivity index (χ4n) is 5.04. The van der Waals surface area contributed by atoms with E-state index < -0.39 is 0 Å². The third-order valence-corrected chi connectivity index (χ3v) is 6.01. The number of halogens is 2.